The summed E-state index contributed by atoms with van der Waals surface area (Å²) in [4.78, 5) is 36.1. The molecule has 41 heavy (non-hydrogen) atoms. The van der Waals surface area contributed by atoms with Crippen molar-refractivity contribution in [2.75, 3.05) is 11.9 Å². The van der Waals surface area contributed by atoms with Crippen molar-refractivity contribution in [1.82, 2.24) is 0 Å². The van der Waals surface area contributed by atoms with Gasteiger partial charge < -0.3 is 19.5 Å². The van der Waals surface area contributed by atoms with Crippen LogP contribution in [0.2, 0.25) is 0 Å². The summed E-state index contributed by atoms with van der Waals surface area (Å²) in [6.45, 7) is 4.24. The first-order valence-electron chi connectivity index (χ1n) is 14.5. The Bertz CT molecular complexity index is 1430. The zero-order valence-corrected chi connectivity index (χ0v) is 23.8. The Kier molecular flexibility index (Phi) is 9.02. The Hall–Kier alpha value is -4.13. The van der Waals surface area contributed by atoms with E-state index in [9.17, 15) is 14.4 Å². The van der Waals surface area contributed by atoms with Crippen LogP contribution < -0.4 is 14.8 Å². The van der Waals surface area contributed by atoms with Crippen molar-refractivity contribution in [1.29, 1.82) is 0 Å². The van der Waals surface area contributed by atoms with Crippen molar-refractivity contribution in [2.45, 2.75) is 71.8 Å². The lowest BCUT2D eigenvalue weighted by molar-refractivity contribution is -0.152. The van der Waals surface area contributed by atoms with Gasteiger partial charge in [0.2, 0.25) is 0 Å². The molecule has 0 heterocycles. The van der Waals surface area contributed by atoms with Crippen LogP contribution in [0.3, 0.4) is 0 Å². The van der Waals surface area contributed by atoms with Gasteiger partial charge in [-0.1, -0.05) is 30.3 Å². The maximum absolute atomic E-state index is 12.3. The van der Waals surface area contributed by atoms with Gasteiger partial charge in [-0.05, 0) is 105 Å². The maximum atomic E-state index is 12.3. The molecule has 0 saturated heterocycles. The number of Topliss-reactive ketones (excluding diaryl/α,β-unsaturated/α-hetero) is 1. The first kappa shape index (κ1) is 28.4. The van der Waals surface area contributed by atoms with E-state index in [0.29, 0.717) is 36.8 Å². The van der Waals surface area contributed by atoms with Crippen LogP contribution in [0, 0.1) is 12.8 Å². The smallest absolute Gasteiger partial charge is 0.397 e. The normalized spacial score (nSPS) is 15.9. The van der Waals surface area contributed by atoms with Crippen molar-refractivity contribution in [2.24, 2.45) is 5.92 Å². The Morgan fingerprint density at radius 1 is 1.00 bits per heavy atom. The van der Waals surface area contributed by atoms with E-state index in [1.54, 1.807) is 6.92 Å². The van der Waals surface area contributed by atoms with Crippen LogP contribution in [0.25, 0.3) is 0 Å². The van der Waals surface area contributed by atoms with Crippen LogP contribution >= 0.6 is 0 Å². The van der Waals surface area contributed by atoms with Gasteiger partial charge in [0.05, 0.1) is 6.61 Å². The van der Waals surface area contributed by atoms with E-state index in [-0.39, 0.29) is 6.61 Å². The minimum absolute atomic E-state index is 0.146. The fourth-order valence-electron chi connectivity index (χ4n) is 5.83. The molecule has 1 unspecified atom stereocenters. The highest BCUT2D eigenvalue weighted by Gasteiger charge is 2.26. The second-order valence-electron chi connectivity index (χ2n) is 10.9. The monoisotopic (exact) mass is 555 g/mol. The molecule has 0 spiro atoms. The van der Waals surface area contributed by atoms with E-state index in [1.807, 2.05) is 61.5 Å². The molecule has 1 atom stereocenters. The van der Waals surface area contributed by atoms with Crippen molar-refractivity contribution < 1.29 is 28.6 Å². The van der Waals surface area contributed by atoms with Gasteiger partial charge in [-0.15, -0.1) is 0 Å². The van der Waals surface area contributed by atoms with E-state index in [0.717, 1.165) is 83.6 Å². The summed E-state index contributed by atoms with van der Waals surface area (Å²) in [5.41, 5.74) is 5.72. The summed E-state index contributed by atoms with van der Waals surface area (Å²) in [6.07, 6.45) is 6.61. The third kappa shape index (κ3) is 6.96. The highest BCUT2D eigenvalue weighted by molar-refractivity contribution is 6.37. The molecule has 1 N–H and O–H groups in total. The van der Waals surface area contributed by atoms with Gasteiger partial charge in [-0.3, -0.25) is 9.59 Å². The quantitative estimate of drug-likeness (QED) is 0.222. The average Bonchev–Trinajstić information content (AvgIpc) is 3.63. The van der Waals surface area contributed by atoms with Crippen LogP contribution in [0.5, 0.6) is 17.2 Å². The zero-order chi connectivity index (χ0) is 28.8. The number of ketones is 1. The van der Waals surface area contributed by atoms with Gasteiger partial charge in [-0.2, -0.15) is 0 Å². The lowest BCUT2D eigenvalue weighted by Crippen LogP contribution is -2.25. The van der Waals surface area contributed by atoms with Crippen LogP contribution in [0.4, 0.5) is 5.69 Å². The molecule has 0 radical (unpaired) electrons. The summed E-state index contributed by atoms with van der Waals surface area (Å²) in [5.74, 6) is 1.45. The van der Waals surface area contributed by atoms with Crippen molar-refractivity contribution in [3.05, 3.63) is 82.4 Å². The number of carbonyl (C=O) groups excluding carboxylic acids is 3. The maximum Gasteiger partial charge on any atom is 0.397 e. The number of hydrogen-bond donors (Lipinski definition) is 1. The molecule has 214 valence electrons. The fourth-order valence-corrected chi connectivity index (χ4v) is 5.83. The van der Waals surface area contributed by atoms with Crippen molar-refractivity contribution >= 4 is 23.3 Å². The lowest BCUT2D eigenvalue weighted by Gasteiger charge is -2.19. The SMILES string of the molecule is CCOC(=O)C(=O)Nc1cc(C)c(Oc2ccc(OCc3ccccc3)c(CCC3CCC(=O)C3)c2)c2c1CCC2. The molecule has 0 aliphatic heterocycles. The number of amides is 1. The Morgan fingerprint density at radius 3 is 2.56 bits per heavy atom. The number of ether oxygens (including phenoxy) is 3. The van der Waals surface area contributed by atoms with Crippen LogP contribution in [0.15, 0.2) is 54.6 Å². The average molecular weight is 556 g/mol. The van der Waals surface area contributed by atoms with Gasteiger partial charge in [-0.25, -0.2) is 4.79 Å². The van der Waals surface area contributed by atoms with Gasteiger partial charge in [0.15, 0.2) is 0 Å². The molecule has 0 bridgehead atoms. The number of anilines is 1. The first-order valence-corrected chi connectivity index (χ1v) is 14.5. The second-order valence-corrected chi connectivity index (χ2v) is 10.9. The highest BCUT2D eigenvalue weighted by atomic mass is 16.5. The number of aryl methyl sites for hydroxylation is 2. The Morgan fingerprint density at radius 2 is 1.80 bits per heavy atom. The minimum atomic E-state index is -0.888. The van der Waals surface area contributed by atoms with Gasteiger partial charge in [0.1, 0.15) is 29.6 Å². The summed E-state index contributed by atoms with van der Waals surface area (Å²) in [6, 6.07) is 17.9. The number of rotatable bonds is 10. The summed E-state index contributed by atoms with van der Waals surface area (Å²) >= 11 is 0. The van der Waals surface area contributed by atoms with Gasteiger partial charge in [0.25, 0.3) is 0 Å². The number of esters is 1. The molecular weight excluding hydrogens is 518 g/mol. The first-order chi connectivity index (χ1) is 19.9. The zero-order valence-electron chi connectivity index (χ0n) is 23.8. The number of hydrogen-bond acceptors (Lipinski definition) is 6. The molecule has 2 aliphatic rings. The van der Waals surface area contributed by atoms with Gasteiger partial charge in [0, 0.05) is 24.1 Å². The summed E-state index contributed by atoms with van der Waals surface area (Å²) in [7, 11) is 0. The predicted octanol–water partition coefficient (Wildman–Crippen LogP) is 6.66. The van der Waals surface area contributed by atoms with E-state index >= 15 is 0 Å². The molecule has 0 aromatic heterocycles. The molecule has 1 saturated carbocycles. The molecule has 7 heteroatoms. The summed E-state index contributed by atoms with van der Waals surface area (Å²) < 4.78 is 17.6. The minimum Gasteiger partial charge on any atom is -0.489 e. The molecule has 2 aliphatic carbocycles. The number of fused-ring (bicyclic) bond motifs is 1. The molecule has 1 fully saturated rings. The number of carbonyl (C=O) groups is 3. The molecular formula is C34H37NO6. The van der Waals surface area contributed by atoms with Crippen LogP contribution in [0.1, 0.15) is 66.8 Å². The van der Waals surface area contributed by atoms with Gasteiger partial charge >= 0.3 is 11.9 Å². The van der Waals surface area contributed by atoms with E-state index in [4.69, 9.17) is 14.2 Å². The Balaban J connectivity index is 1.38. The molecule has 7 nitrogen and oxygen atoms in total. The molecule has 3 aromatic rings. The van der Waals surface area contributed by atoms with Crippen molar-refractivity contribution in [3.63, 3.8) is 0 Å². The Labute approximate surface area is 241 Å². The largest absolute Gasteiger partial charge is 0.489 e. The molecule has 3 aromatic carbocycles. The van der Waals surface area contributed by atoms with E-state index in [2.05, 4.69) is 5.32 Å². The third-order valence-corrected chi connectivity index (χ3v) is 7.90. The third-order valence-electron chi connectivity index (χ3n) is 7.90. The van der Waals surface area contributed by atoms with Crippen LogP contribution in [-0.2, 0) is 45.0 Å². The fraction of sp³-hybridized carbons (Fsp3) is 0.382. The number of benzene rings is 3. The summed E-state index contributed by atoms with van der Waals surface area (Å²) in [5, 5.41) is 2.74. The molecule has 1 amide bonds. The van der Waals surface area contributed by atoms with E-state index < -0.39 is 11.9 Å². The topological polar surface area (TPSA) is 90.9 Å². The van der Waals surface area contributed by atoms with Crippen LogP contribution in [-0.4, -0.2) is 24.3 Å². The highest BCUT2D eigenvalue weighted by Crippen LogP contribution is 2.41. The second kappa shape index (κ2) is 13.0. The van der Waals surface area contributed by atoms with Crippen molar-refractivity contribution in [3.8, 4) is 17.2 Å². The predicted molar refractivity (Wildman–Crippen MR) is 156 cm³/mol. The number of nitrogens with one attached hydrogen (secondary N) is 1. The lowest BCUT2D eigenvalue weighted by atomic mass is 9.97. The van der Waals surface area contributed by atoms with E-state index in [1.165, 1.54) is 0 Å². The molecule has 5 rings (SSSR count). The standard InChI is InChI=1S/C34H37NO6/c1-3-39-34(38)33(37)35-30-18-22(2)32(29-11-7-10-28(29)30)41-27-16-17-31(40-21-24-8-5-4-6-9-24)25(20-27)14-12-23-13-15-26(36)19-23/h4-6,8-9,16-18,20,23H,3,7,10-15,19,21H2,1-2H3,(H,35,37).